The first-order chi connectivity index (χ1) is 7.95. The van der Waals surface area contributed by atoms with Crippen LogP contribution in [0, 0.1) is 17.8 Å². The van der Waals surface area contributed by atoms with Crippen LogP contribution in [0.1, 0.15) is 26.2 Å². The average Bonchev–Trinajstić information content (AvgIpc) is 2.69. The van der Waals surface area contributed by atoms with Crippen molar-refractivity contribution in [2.45, 2.75) is 26.2 Å². The minimum atomic E-state index is -1.13. The Kier molecular flexibility index (Phi) is 4.48. The molecule has 1 fully saturated rings. The molecule has 0 aromatic carbocycles. The van der Waals surface area contributed by atoms with Crippen LogP contribution in [0.15, 0.2) is 0 Å². The maximum absolute atomic E-state index is 11.7. The van der Waals surface area contributed by atoms with Crippen molar-refractivity contribution in [2.24, 2.45) is 17.8 Å². The molecule has 3 N–H and O–H groups in total. The zero-order valence-electron chi connectivity index (χ0n) is 9.68. The van der Waals surface area contributed by atoms with Crippen molar-refractivity contribution in [1.29, 1.82) is 0 Å². The molecule has 1 unspecified atom stereocenters. The fourth-order valence-electron chi connectivity index (χ4n) is 2.33. The number of carboxylic acid groups (broad SMARTS) is 2. The Labute approximate surface area is 99.0 Å². The van der Waals surface area contributed by atoms with Gasteiger partial charge in [0.1, 0.15) is 6.54 Å². The summed E-state index contributed by atoms with van der Waals surface area (Å²) < 4.78 is 0. The van der Waals surface area contributed by atoms with E-state index >= 15 is 0 Å². The predicted molar refractivity (Wildman–Crippen MR) is 58.3 cm³/mol. The number of hydrogen-bond donors (Lipinski definition) is 3. The summed E-state index contributed by atoms with van der Waals surface area (Å²) in [6, 6.07) is 0. The molecule has 0 aliphatic heterocycles. The molecule has 17 heavy (non-hydrogen) atoms. The molecular weight excluding hydrogens is 226 g/mol. The third-order valence-electron chi connectivity index (χ3n) is 3.31. The topological polar surface area (TPSA) is 104 Å². The molecule has 1 rings (SSSR count). The Balaban J connectivity index is 2.63. The normalized spacial score (nSPS) is 27.7. The van der Waals surface area contributed by atoms with E-state index in [4.69, 9.17) is 10.2 Å². The molecule has 1 aliphatic rings. The monoisotopic (exact) mass is 243 g/mol. The van der Waals surface area contributed by atoms with Gasteiger partial charge in [-0.3, -0.25) is 14.4 Å². The highest BCUT2D eigenvalue weighted by Gasteiger charge is 2.42. The number of rotatable bonds is 5. The van der Waals surface area contributed by atoms with E-state index in [1.165, 1.54) is 0 Å². The fraction of sp³-hybridized carbons (Fsp3) is 0.727. The van der Waals surface area contributed by atoms with Gasteiger partial charge in [0, 0.05) is 0 Å². The summed E-state index contributed by atoms with van der Waals surface area (Å²) >= 11 is 0. The highest BCUT2D eigenvalue weighted by Crippen LogP contribution is 2.38. The number of carbonyl (C=O) groups is 3. The maximum Gasteiger partial charge on any atom is 0.322 e. The summed E-state index contributed by atoms with van der Waals surface area (Å²) in [5.41, 5.74) is 0. The minimum Gasteiger partial charge on any atom is -0.481 e. The molecular formula is C11H17NO5. The lowest BCUT2D eigenvalue weighted by molar-refractivity contribution is -0.146. The smallest absolute Gasteiger partial charge is 0.322 e. The molecule has 0 radical (unpaired) electrons. The molecule has 0 aromatic rings. The molecule has 96 valence electrons. The Morgan fingerprint density at radius 3 is 2.24 bits per heavy atom. The van der Waals surface area contributed by atoms with Gasteiger partial charge in [-0.2, -0.15) is 0 Å². The van der Waals surface area contributed by atoms with E-state index in [-0.39, 0.29) is 5.92 Å². The fourth-order valence-corrected chi connectivity index (χ4v) is 2.33. The van der Waals surface area contributed by atoms with Gasteiger partial charge in [-0.15, -0.1) is 0 Å². The Morgan fingerprint density at radius 1 is 1.18 bits per heavy atom. The summed E-state index contributed by atoms with van der Waals surface area (Å²) in [5.74, 6) is -3.62. The molecule has 0 bridgehead atoms. The largest absolute Gasteiger partial charge is 0.481 e. The lowest BCUT2D eigenvalue weighted by Gasteiger charge is -2.14. The second-order valence-corrected chi connectivity index (χ2v) is 4.41. The van der Waals surface area contributed by atoms with Crippen LogP contribution in [0.4, 0.5) is 0 Å². The first kappa shape index (κ1) is 13.5. The van der Waals surface area contributed by atoms with Crippen LogP contribution in [0.3, 0.4) is 0 Å². The summed E-state index contributed by atoms with van der Waals surface area (Å²) in [5, 5.41) is 19.7. The quantitative estimate of drug-likeness (QED) is 0.645. The molecule has 0 aromatic heterocycles. The molecule has 1 aliphatic carbocycles. The molecule has 1 saturated carbocycles. The summed E-state index contributed by atoms with van der Waals surface area (Å²) in [6.45, 7) is 1.50. The second-order valence-electron chi connectivity index (χ2n) is 4.41. The number of aliphatic carboxylic acids is 2. The van der Waals surface area contributed by atoms with Gasteiger partial charge in [0.05, 0.1) is 11.8 Å². The van der Waals surface area contributed by atoms with Crippen molar-refractivity contribution in [2.75, 3.05) is 6.54 Å². The minimum absolute atomic E-state index is 0.233. The van der Waals surface area contributed by atoms with Crippen molar-refractivity contribution in [3.63, 3.8) is 0 Å². The van der Waals surface area contributed by atoms with Crippen LogP contribution in [-0.4, -0.2) is 34.6 Å². The van der Waals surface area contributed by atoms with Gasteiger partial charge < -0.3 is 15.5 Å². The molecule has 6 nitrogen and oxygen atoms in total. The Bertz CT molecular complexity index is 328. The number of carboxylic acids is 2. The zero-order valence-corrected chi connectivity index (χ0v) is 9.68. The van der Waals surface area contributed by atoms with E-state index in [0.717, 1.165) is 6.42 Å². The first-order valence-corrected chi connectivity index (χ1v) is 5.68. The van der Waals surface area contributed by atoms with Gasteiger partial charge in [0.15, 0.2) is 0 Å². The van der Waals surface area contributed by atoms with Gasteiger partial charge in [0.25, 0.3) is 0 Å². The van der Waals surface area contributed by atoms with Gasteiger partial charge in [-0.05, 0) is 18.8 Å². The summed E-state index contributed by atoms with van der Waals surface area (Å²) in [6.07, 6.45) is 1.86. The summed E-state index contributed by atoms with van der Waals surface area (Å²) in [4.78, 5) is 33.0. The van der Waals surface area contributed by atoms with Crippen LogP contribution >= 0.6 is 0 Å². The van der Waals surface area contributed by atoms with Crippen LogP contribution in [0.5, 0.6) is 0 Å². The van der Waals surface area contributed by atoms with Gasteiger partial charge >= 0.3 is 11.9 Å². The Morgan fingerprint density at radius 2 is 1.76 bits per heavy atom. The van der Waals surface area contributed by atoms with Crippen molar-refractivity contribution < 1.29 is 24.6 Å². The molecule has 6 heteroatoms. The van der Waals surface area contributed by atoms with Crippen molar-refractivity contribution in [3.05, 3.63) is 0 Å². The SMILES string of the molecule is CCC1C[C@H](C(=O)NCC(=O)O)[C@H](C(=O)O)C1. The number of hydrogen-bond acceptors (Lipinski definition) is 3. The van der Waals surface area contributed by atoms with E-state index < -0.39 is 36.2 Å². The van der Waals surface area contributed by atoms with E-state index in [9.17, 15) is 14.4 Å². The average molecular weight is 243 g/mol. The highest BCUT2D eigenvalue weighted by atomic mass is 16.4. The highest BCUT2D eigenvalue weighted by molar-refractivity contribution is 5.87. The van der Waals surface area contributed by atoms with Crippen LogP contribution in [0.2, 0.25) is 0 Å². The number of nitrogens with one attached hydrogen (secondary N) is 1. The lowest BCUT2D eigenvalue weighted by atomic mass is 9.95. The predicted octanol–water partition coefficient (Wildman–Crippen LogP) is 0.324. The van der Waals surface area contributed by atoms with Gasteiger partial charge in [0.2, 0.25) is 5.91 Å². The second kappa shape index (κ2) is 5.65. The van der Waals surface area contributed by atoms with E-state index in [1.54, 1.807) is 0 Å². The van der Waals surface area contributed by atoms with Crippen LogP contribution in [-0.2, 0) is 14.4 Å². The van der Waals surface area contributed by atoms with Crippen molar-refractivity contribution in [1.82, 2.24) is 5.32 Å². The Hall–Kier alpha value is -1.59. The zero-order chi connectivity index (χ0) is 13.0. The summed E-state index contributed by atoms with van der Waals surface area (Å²) in [7, 11) is 0. The molecule has 0 spiro atoms. The number of carbonyl (C=O) groups excluding carboxylic acids is 1. The molecule has 3 atom stereocenters. The van der Waals surface area contributed by atoms with Crippen LogP contribution in [0.25, 0.3) is 0 Å². The molecule has 0 saturated heterocycles. The molecule has 1 amide bonds. The third-order valence-corrected chi connectivity index (χ3v) is 3.31. The number of amides is 1. The first-order valence-electron chi connectivity index (χ1n) is 5.68. The third kappa shape index (κ3) is 3.44. The standard InChI is InChI=1S/C11H17NO5/c1-2-6-3-7(8(4-6)11(16)17)10(15)12-5-9(13)14/h6-8H,2-5H2,1H3,(H,12,15)(H,13,14)(H,16,17)/t6?,7-,8+/m0/s1. The van der Waals surface area contributed by atoms with Crippen LogP contribution < -0.4 is 5.32 Å². The van der Waals surface area contributed by atoms with E-state index in [2.05, 4.69) is 5.32 Å². The van der Waals surface area contributed by atoms with Crippen molar-refractivity contribution >= 4 is 17.8 Å². The van der Waals surface area contributed by atoms with E-state index in [1.807, 2.05) is 6.92 Å². The van der Waals surface area contributed by atoms with Gasteiger partial charge in [-0.1, -0.05) is 13.3 Å². The maximum atomic E-state index is 11.7. The van der Waals surface area contributed by atoms with E-state index in [0.29, 0.717) is 12.8 Å². The molecule has 0 heterocycles. The van der Waals surface area contributed by atoms with Crippen molar-refractivity contribution in [3.8, 4) is 0 Å². The van der Waals surface area contributed by atoms with Gasteiger partial charge in [-0.25, -0.2) is 0 Å². The lowest BCUT2D eigenvalue weighted by Crippen LogP contribution is -2.37.